The largest absolute Gasteiger partial charge is 0.496 e. The fourth-order valence-corrected chi connectivity index (χ4v) is 4.28. The van der Waals surface area contributed by atoms with Gasteiger partial charge in [-0.2, -0.15) is 4.98 Å². The average Bonchev–Trinajstić information content (AvgIpc) is 2.87. The molecule has 0 saturated carbocycles. The summed E-state index contributed by atoms with van der Waals surface area (Å²) < 4.78 is 21.3. The Morgan fingerprint density at radius 1 is 1.03 bits per heavy atom. The molecule has 2 aromatic heterocycles. The number of ether oxygens (including phenoxy) is 1. The standard InChI is InChI=1S/C26H27FN6O2.CH4/c1-31-12-14-32(15-13-31)20-9-7-19(8-10-20)29-26-28-16-18-6-11-24(34)33(25(18)30-26)17-21-22(27)4-3-5-23(21)35-2;/h3-11,16H,12-15,17H2,1-2H3,(H,28,29,30);1H4. The molecule has 8 nitrogen and oxygen atoms in total. The van der Waals surface area contributed by atoms with E-state index < -0.39 is 5.82 Å². The summed E-state index contributed by atoms with van der Waals surface area (Å²) in [6.07, 6.45) is 1.65. The molecule has 1 saturated heterocycles. The third-order valence-corrected chi connectivity index (χ3v) is 6.33. The molecular formula is C27H31FN6O2. The monoisotopic (exact) mass is 490 g/mol. The number of benzene rings is 2. The van der Waals surface area contributed by atoms with Crippen molar-refractivity contribution in [1.29, 1.82) is 0 Å². The molecule has 188 valence electrons. The molecule has 0 atom stereocenters. The van der Waals surface area contributed by atoms with Crippen LogP contribution in [-0.4, -0.2) is 59.8 Å². The van der Waals surface area contributed by atoms with Gasteiger partial charge in [0.05, 0.1) is 13.7 Å². The maximum absolute atomic E-state index is 14.6. The highest BCUT2D eigenvalue weighted by Gasteiger charge is 2.15. The molecule has 1 aliphatic heterocycles. The van der Waals surface area contributed by atoms with Crippen LogP contribution in [0, 0.1) is 5.82 Å². The van der Waals surface area contributed by atoms with Crippen molar-refractivity contribution in [2.45, 2.75) is 14.0 Å². The van der Waals surface area contributed by atoms with Crippen LogP contribution in [0.25, 0.3) is 11.0 Å². The van der Waals surface area contributed by atoms with Crippen LogP contribution in [0.3, 0.4) is 0 Å². The van der Waals surface area contributed by atoms with Crippen LogP contribution in [0.4, 0.5) is 21.7 Å². The van der Waals surface area contributed by atoms with Crippen molar-refractivity contribution in [1.82, 2.24) is 19.4 Å². The van der Waals surface area contributed by atoms with Gasteiger partial charge in [-0.1, -0.05) is 13.5 Å². The first-order chi connectivity index (χ1) is 17.0. The van der Waals surface area contributed by atoms with Gasteiger partial charge in [0.1, 0.15) is 17.2 Å². The van der Waals surface area contributed by atoms with Gasteiger partial charge in [0, 0.05) is 60.8 Å². The van der Waals surface area contributed by atoms with Gasteiger partial charge < -0.3 is 19.9 Å². The Bertz CT molecular complexity index is 1400. The fourth-order valence-electron chi connectivity index (χ4n) is 4.28. The van der Waals surface area contributed by atoms with Gasteiger partial charge in [0.2, 0.25) is 5.95 Å². The third kappa shape index (κ3) is 5.16. The number of pyridine rings is 1. The summed E-state index contributed by atoms with van der Waals surface area (Å²) in [7, 11) is 3.61. The highest BCUT2D eigenvalue weighted by atomic mass is 19.1. The van der Waals surface area contributed by atoms with Crippen LogP contribution in [0.1, 0.15) is 13.0 Å². The lowest BCUT2D eigenvalue weighted by Crippen LogP contribution is -2.44. The number of rotatable bonds is 6. The number of anilines is 3. The first kappa shape index (κ1) is 25.1. The normalized spacial score (nSPS) is 13.9. The summed E-state index contributed by atoms with van der Waals surface area (Å²) in [6, 6.07) is 15.8. The minimum absolute atomic E-state index is 0. The number of nitrogens with zero attached hydrogens (tertiary/aromatic N) is 5. The number of piperazine rings is 1. The highest BCUT2D eigenvalue weighted by Crippen LogP contribution is 2.24. The number of hydrogen-bond donors (Lipinski definition) is 1. The van der Waals surface area contributed by atoms with E-state index in [1.54, 1.807) is 24.4 Å². The zero-order valence-electron chi connectivity index (χ0n) is 19.7. The van der Waals surface area contributed by atoms with Crippen LogP contribution in [-0.2, 0) is 6.54 Å². The van der Waals surface area contributed by atoms with E-state index in [0.29, 0.717) is 22.7 Å². The molecule has 0 unspecified atom stereocenters. The minimum atomic E-state index is -0.443. The topological polar surface area (TPSA) is 75.5 Å². The zero-order valence-corrected chi connectivity index (χ0v) is 19.7. The molecule has 0 spiro atoms. The third-order valence-electron chi connectivity index (χ3n) is 6.33. The maximum atomic E-state index is 14.6. The SMILES string of the molecule is C.COc1cccc(F)c1Cn1c(=O)ccc2cnc(Nc3ccc(N4CCN(C)CC4)cc3)nc21. The van der Waals surface area contributed by atoms with Crippen LogP contribution in [0.5, 0.6) is 5.75 Å². The molecule has 4 aromatic rings. The molecule has 2 aromatic carbocycles. The van der Waals surface area contributed by atoms with E-state index in [2.05, 4.69) is 44.3 Å². The van der Waals surface area contributed by atoms with Crippen molar-refractivity contribution in [2.75, 3.05) is 50.6 Å². The number of nitrogens with one attached hydrogen (secondary N) is 1. The van der Waals surface area contributed by atoms with Crippen LogP contribution >= 0.6 is 0 Å². The smallest absolute Gasteiger partial charge is 0.252 e. The van der Waals surface area contributed by atoms with Crippen LogP contribution in [0.15, 0.2) is 65.6 Å². The first-order valence-corrected chi connectivity index (χ1v) is 11.5. The van der Waals surface area contributed by atoms with Crippen LogP contribution in [0.2, 0.25) is 0 Å². The van der Waals surface area contributed by atoms with E-state index in [1.807, 2.05) is 12.1 Å². The van der Waals surface area contributed by atoms with Crippen molar-refractivity contribution in [3.05, 3.63) is 82.5 Å². The molecule has 5 rings (SSSR count). The Morgan fingerprint density at radius 3 is 2.50 bits per heavy atom. The van der Waals surface area contributed by atoms with E-state index in [9.17, 15) is 9.18 Å². The van der Waals surface area contributed by atoms with E-state index in [1.165, 1.54) is 29.5 Å². The minimum Gasteiger partial charge on any atom is -0.496 e. The molecule has 0 amide bonds. The lowest BCUT2D eigenvalue weighted by atomic mass is 10.1. The van der Waals surface area contributed by atoms with Gasteiger partial charge in [-0.15, -0.1) is 0 Å². The van der Waals surface area contributed by atoms with Crippen molar-refractivity contribution >= 4 is 28.4 Å². The quantitative estimate of drug-likeness (QED) is 0.436. The van der Waals surface area contributed by atoms with Gasteiger partial charge in [0.25, 0.3) is 5.56 Å². The molecule has 9 heteroatoms. The van der Waals surface area contributed by atoms with Crippen molar-refractivity contribution in [3.63, 3.8) is 0 Å². The first-order valence-electron chi connectivity index (χ1n) is 11.5. The second-order valence-corrected chi connectivity index (χ2v) is 8.61. The summed E-state index contributed by atoms with van der Waals surface area (Å²) in [6.45, 7) is 4.09. The number of methoxy groups -OCH3 is 1. The van der Waals surface area contributed by atoms with Gasteiger partial charge in [-0.25, -0.2) is 9.37 Å². The molecule has 1 aliphatic rings. The van der Waals surface area contributed by atoms with Gasteiger partial charge >= 0.3 is 0 Å². The Labute approximate surface area is 210 Å². The Hall–Kier alpha value is -3.98. The molecule has 0 bridgehead atoms. The van der Waals surface area contributed by atoms with Gasteiger partial charge in [0.15, 0.2) is 0 Å². The summed E-state index contributed by atoms with van der Waals surface area (Å²) >= 11 is 0. The molecular weight excluding hydrogens is 459 g/mol. The van der Waals surface area contributed by atoms with Crippen LogP contribution < -0.4 is 20.5 Å². The molecule has 36 heavy (non-hydrogen) atoms. The summed E-state index contributed by atoms with van der Waals surface area (Å²) in [5, 5.41) is 3.89. The number of halogens is 1. The van der Waals surface area contributed by atoms with E-state index in [-0.39, 0.29) is 25.1 Å². The van der Waals surface area contributed by atoms with E-state index in [4.69, 9.17) is 4.74 Å². The zero-order chi connectivity index (χ0) is 24.4. The maximum Gasteiger partial charge on any atom is 0.252 e. The fraction of sp³-hybridized carbons (Fsp3) is 0.296. The van der Waals surface area contributed by atoms with Crippen molar-refractivity contribution in [2.24, 2.45) is 0 Å². The van der Waals surface area contributed by atoms with Gasteiger partial charge in [-0.05, 0) is 49.5 Å². The average molecular weight is 491 g/mol. The number of hydrogen-bond acceptors (Lipinski definition) is 7. The summed E-state index contributed by atoms with van der Waals surface area (Å²) in [5.74, 6) is 0.285. The molecule has 1 fully saturated rings. The number of fused-ring (bicyclic) bond motifs is 1. The molecule has 1 N–H and O–H groups in total. The Kier molecular flexibility index (Phi) is 7.49. The van der Waals surface area contributed by atoms with E-state index in [0.717, 1.165) is 31.9 Å². The van der Waals surface area contributed by atoms with Gasteiger partial charge in [-0.3, -0.25) is 9.36 Å². The number of likely N-dealkylation sites (N-methyl/N-ethyl adjacent to an activating group) is 1. The second kappa shape index (κ2) is 10.7. The molecule has 0 radical (unpaired) electrons. The van der Waals surface area contributed by atoms with Crippen molar-refractivity contribution < 1.29 is 9.13 Å². The lowest BCUT2D eigenvalue weighted by molar-refractivity contribution is 0.313. The molecule has 3 heterocycles. The summed E-state index contributed by atoms with van der Waals surface area (Å²) in [4.78, 5) is 26.4. The number of aromatic nitrogens is 3. The van der Waals surface area contributed by atoms with Crippen molar-refractivity contribution in [3.8, 4) is 5.75 Å². The highest BCUT2D eigenvalue weighted by molar-refractivity contribution is 5.76. The predicted octanol–water partition coefficient (Wildman–Crippen LogP) is 4.12. The molecule has 0 aliphatic carbocycles. The Morgan fingerprint density at radius 2 is 1.78 bits per heavy atom. The van der Waals surface area contributed by atoms with E-state index >= 15 is 0 Å². The Balaban J connectivity index is 0.00000304. The summed E-state index contributed by atoms with van der Waals surface area (Å²) in [5.41, 5.74) is 2.43. The second-order valence-electron chi connectivity index (χ2n) is 8.61. The predicted molar refractivity (Wildman–Crippen MR) is 142 cm³/mol. The lowest BCUT2D eigenvalue weighted by Gasteiger charge is -2.34.